The predicted octanol–water partition coefficient (Wildman–Crippen LogP) is 3.01. The van der Waals surface area contributed by atoms with Crippen LogP contribution in [-0.2, 0) is 13.1 Å². The Balaban J connectivity index is 1.75. The van der Waals surface area contributed by atoms with Crippen LogP contribution >= 0.6 is 0 Å². The molecule has 1 heterocycles. The van der Waals surface area contributed by atoms with Crippen LogP contribution in [-0.4, -0.2) is 51.5 Å². The van der Waals surface area contributed by atoms with Gasteiger partial charge in [0.25, 0.3) is 0 Å². The summed E-state index contributed by atoms with van der Waals surface area (Å²) in [6.07, 6.45) is -0.701. The van der Waals surface area contributed by atoms with Crippen LogP contribution in [0.25, 0.3) is 11.0 Å². The van der Waals surface area contributed by atoms with Gasteiger partial charge in [0.05, 0.1) is 17.6 Å². The fraction of sp³-hybridized carbons (Fsp3) is 0.435. The summed E-state index contributed by atoms with van der Waals surface area (Å²) in [6.45, 7) is 10.5. The van der Waals surface area contributed by atoms with Crippen LogP contribution in [0.15, 0.2) is 48.5 Å². The minimum atomic E-state index is -0.701. The molecule has 6 heteroatoms. The second kappa shape index (κ2) is 9.76. The highest BCUT2D eigenvalue weighted by atomic mass is 16.5. The lowest BCUT2D eigenvalue weighted by Gasteiger charge is -2.18. The largest absolute Gasteiger partial charge is 0.491 e. The number of hydrogen-bond donors (Lipinski definition) is 2. The molecule has 1 aromatic heterocycles. The minimum Gasteiger partial charge on any atom is -0.491 e. The van der Waals surface area contributed by atoms with E-state index in [1.807, 2.05) is 64.6 Å². The molecule has 1 atom stereocenters. The summed E-state index contributed by atoms with van der Waals surface area (Å²) in [6, 6.07) is 15.8. The first-order valence-corrected chi connectivity index (χ1v) is 10.4. The van der Waals surface area contributed by atoms with Gasteiger partial charge in [-0.2, -0.15) is 0 Å². The van der Waals surface area contributed by atoms with Crippen molar-refractivity contribution >= 4 is 11.0 Å². The van der Waals surface area contributed by atoms with Gasteiger partial charge in [0.1, 0.15) is 18.5 Å². The van der Waals surface area contributed by atoms with Gasteiger partial charge in [-0.05, 0) is 44.3 Å². The summed E-state index contributed by atoms with van der Waals surface area (Å²) in [7, 11) is 0. The summed E-state index contributed by atoms with van der Waals surface area (Å²) >= 11 is 0. The number of likely N-dealkylation sites (N-methyl/N-ethyl adjacent to an activating group) is 1. The second-order valence-corrected chi connectivity index (χ2v) is 7.38. The van der Waals surface area contributed by atoms with Crippen LogP contribution in [0.2, 0.25) is 0 Å². The summed E-state index contributed by atoms with van der Waals surface area (Å²) < 4.78 is 9.63. The predicted molar refractivity (Wildman–Crippen MR) is 116 cm³/mol. The van der Waals surface area contributed by atoms with Crippen LogP contribution in [0.1, 0.15) is 19.4 Å². The summed E-state index contributed by atoms with van der Waals surface area (Å²) in [5.74, 6) is 0.743. The Hall–Kier alpha value is -2.57. The Morgan fingerprint density at radius 1 is 1.00 bits per heavy atom. The average molecular weight is 397 g/mol. The number of nitrogens with one attached hydrogen (secondary N) is 1. The van der Waals surface area contributed by atoms with E-state index in [4.69, 9.17) is 10.1 Å². The maximum Gasteiger partial charge on any atom is 0.203 e. The number of fused-ring (bicyclic) bond motifs is 1. The van der Waals surface area contributed by atoms with E-state index in [-0.39, 0.29) is 6.61 Å². The molecule has 3 aromatic rings. The Morgan fingerprint density at radius 2 is 1.62 bits per heavy atom. The molecule has 0 saturated carbocycles. The number of aliphatic hydroxyl groups is 1. The number of nitrogens with zero attached hydrogens (tertiary/aromatic N) is 3. The third kappa shape index (κ3) is 5.08. The van der Waals surface area contributed by atoms with Crippen molar-refractivity contribution in [3.63, 3.8) is 0 Å². The van der Waals surface area contributed by atoms with E-state index in [1.165, 1.54) is 5.56 Å². The monoisotopic (exact) mass is 396 g/mol. The standard InChI is InChI=1S/C23H32N4O2/c1-4-25(5-2)14-15-26-21-8-6-7-9-22(21)27(23(26)24)16-19(28)17-29-20-12-10-18(3)11-13-20/h6-13,19,24,28H,4-5,14-17H2,1-3H3/t19-/m0/s1. The number of aryl methyl sites for hydroxylation is 1. The first-order chi connectivity index (χ1) is 14.0. The number of rotatable bonds is 10. The average Bonchev–Trinajstić information content (AvgIpc) is 3.00. The van der Waals surface area contributed by atoms with Crippen molar-refractivity contribution in [2.75, 3.05) is 26.2 Å². The van der Waals surface area contributed by atoms with Crippen LogP contribution in [0.5, 0.6) is 5.75 Å². The lowest BCUT2D eigenvalue weighted by Crippen LogP contribution is -2.34. The molecule has 0 saturated heterocycles. The minimum absolute atomic E-state index is 0.189. The first-order valence-electron chi connectivity index (χ1n) is 10.4. The van der Waals surface area contributed by atoms with Gasteiger partial charge in [-0.3, -0.25) is 5.41 Å². The first kappa shape index (κ1) is 21.1. The van der Waals surface area contributed by atoms with Crippen LogP contribution < -0.4 is 10.4 Å². The van der Waals surface area contributed by atoms with Crippen molar-refractivity contribution in [2.24, 2.45) is 0 Å². The van der Waals surface area contributed by atoms with Crippen molar-refractivity contribution in [3.8, 4) is 5.75 Å². The molecule has 6 nitrogen and oxygen atoms in total. The fourth-order valence-electron chi connectivity index (χ4n) is 3.58. The topological polar surface area (TPSA) is 66.4 Å². The zero-order valence-corrected chi connectivity index (χ0v) is 17.6. The maximum atomic E-state index is 10.6. The lowest BCUT2D eigenvalue weighted by atomic mass is 10.2. The molecule has 3 rings (SSSR count). The SMILES string of the molecule is CCN(CC)CCn1c(=N)n(C[C@H](O)COc2ccc(C)cc2)c2ccccc21. The van der Waals surface area contributed by atoms with Gasteiger partial charge in [0.15, 0.2) is 0 Å². The molecule has 0 aliphatic heterocycles. The highest BCUT2D eigenvalue weighted by molar-refractivity contribution is 5.75. The van der Waals surface area contributed by atoms with Crippen molar-refractivity contribution in [3.05, 3.63) is 59.7 Å². The highest BCUT2D eigenvalue weighted by Gasteiger charge is 2.15. The van der Waals surface area contributed by atoms with Crippen LogP contribution in [0, 0.1) is 12.3 Å². The maximum absolute atomic E-state index is 10.6. The molecule has 0 aliphatic carbocycles. The van der Waals surface area contributed by atoms with Gasteiger partial charge in [-0.15, -0.1) is 0 Å². The molecule has 0 fully saturated rings. The van der Waals surface area contributed by atoms with E-state index in [1.54, 1.807) is 0 Å². The van der Waals surface area contributed by atoms with E-state index < -0.39 is 6.10 Å². The van der Waals surface area contributed by atoms with E-state index in [0.29, 0.717) is 12.2 Å². The van der Waals surface area contributed by atoms with Crippen LogP contribution in [0.3, 0.4) is 0 Å². The highest BCUT2D eigenvalue weighted by Crippen LogP contribution is 2.15. The van der Waals surface area contributed by atoms with Crippen molar-refractivity contribution < 1.29 is 9.84 Å². The molecular weight excluding hydrogens is 364 g/mol. The molecule has 0 amide bonds. The summed E-state index contributed by atoms with van der Waals surface area (Å²) in [4.78, 5) is 2.35. The lowest BCUT2D eigenvalue weighted by molar-refractivity contribution is 0.0920. The number of hydrogen-bond acceptors (Lipinski definition) is 4. The third-order valence-corrected chi connectivity index (χ3v) is 5.37. The number of ether oxygens (including phenoxy) is 1. The molecule has 2 aromatic carbocycles. The molecule has 29 heavy (non-hydrogen) atoms. The molecular formula is C23H32N4O2. The Bertz CT molecular complexity index is 971. The normalized spacial score (nSPS) is 12.6. The quantitative estimate of drug-likeness (QED) is 0.554. The van der Waals surface area contributed by atoms with Crippen molar-refractivity contribution in [1.29, 1.82) is 5.41 Å². The van der Waals surface area contributed by atoms with Gasteiger partial charge in [-0.25, -0.2) is 0 Å². The summed E-state index contributed by atoms with van der Waals surface area (Å²) in [5.41, 5.74) is 3.57. The number of imidazole rings is 1. The second-order valence-electron chi connectivity index (χ2n) is 7.38. The van der Waals surface area contributed by atoms with Gasteiger partial charge < -0.3 is 23.9 Å². The smallest absolute Gasteiger partial charge is 0.203 e. The summed E-state index contributed by atoms with van der Waals surface area (Å²) in [5, 5.41) is 19.3. The van der Waals surface area contributed by atoms with E-state index in [9.17, 15) is 5.11 Å². The molecule has 0 bridgehead atoms. The van der Waals surface area contributed by atoms with Gasteiger partial charge in [0, 0.05) is 13.1 Å². The molecule has 0 aliphatic rings. The van der Waals surface area contributed by atoms with Crippen molar-refractivity contribution in [2.45, 2.75) is 40.0 Å². The Kier molecular flexibility index (Phi) is 7.12. The zero-order chi connectivity index (χ0) is 20.8. The van der Waals surface area contributed by atoms with E-state index in [2.05, 4.69) is 18.7 Å². The van der Waals surface area contributed by atoms with Gasteiger partial charge in [0.2, 0.25) is 5.62 Å². The number of aliphatic hydroxyl groups excluding tert-OH is 1. The molecule has 0 radical (unpaired) electrons. The molecule has 0 spiro atoms. The van der Waals surface area contributed by atoms with Crippen LogP contribution in [0.4, 0.5) is 0 Å². The number of aromatic nitrogens is 2. The van der Waals surface area contributed by atoms with E-state index in [0.717, 1.165) is 43.0 Å². The number of benzene rings is 2. The fourth-order valence-corrected chi connectivity index (χ4v) is 3.58. The van der Waals surface area contributed by atoms with Crippen molar-refractivity contribution in [1.82, 2.24) is 14.0 Å². The number of para-hydroxylation sites is 2. The molecule has 0 unspecified atom stereocenters. The zero-order valence-electron chi connectivity index (χ0n) is 17.6. The third-order valence-electron chi connectivity index (χ3n) is 5.37. The van der Waals surface area contributed by atoms with Gasteiger partial charge in [-0.1, -0.05) is 43.7 Å². The Labute approximate surface area is 172 Å². The molecule has 2 N–H and O–H groups in total. The van der Waals surface area contributed by atoms with E-state index >= 15 is 0 Å². The van der Waals surface area contributed by atoms with Gasteiger partial charge >= 0.3 is 0 Å². The molecule has 156 valence electrons. The Morgan fingerprint density at radius 3 is 2.24 bits per heavy atom.